The lowest BCUT2D eigenvalue weighted by Crippen LogP contribution is -2.49. The Hall–Kier alpha value is -2.32. The van der Waals surface area contributed by atoms with Crippen LogP contribution < -0.4 is 16.4 Å². The smallest absolute Gasteiger partial charge is 0.326 e. The first kappa shape index (κ1) is 16.7. The van der Waals surface area contributed by atoms with Gasteiger partial charge in [0.05, 0.1) is 11.8 Å². The number of carbonyl (C=O) groups excluding carboxylic acids is 3. The molecule has 1 rings (SSSR count). The van der Waals surface area contributed by atoms with E-state index in [0.29, 0.717) is 13.0 Å². The minimum absolute atomic E-state index is 0.176. The number of amides is 4. The van der Waals surface area contributed by atoms with Crippen LogP contribution in [0.1, 0.15) is 19.8 Å². The van der Waals surface area contributed by atoms with Crippen molar-refractivity contribution in [2.45, 2.75) is 25.8 Å². The number of hydrogen-bond acceptors (Lipinski definition) is 4. The lowest BCUT2D eigenvalue weighted by Gasteiger charge is -2.24. The van der Waals surface area contributed by atoms with E-state index in [9.17, 15) is 19.2 Å². The highest BCUT2D eigenvalue weighted by Crippen LogP contribution is 2.29. The zero-order chi connectivity index (χ0) is 16.2. The Kier molecular flexibility index (Phi) is 5.12. The molecule has 0 aromatic heterocycles. The summed E-state index contributed by atoms with van der Waals surface area (Å²) in [6.45, 7) is 2.25. The molecule has 0 radical (unpaired) electrons. The van der Waals surface area contributed by atoms with E-state index in [4.69, 9.17) is 10.8 Å². The van der Waals surface area contributed by atoms with Gasteiger partial charge in [0.25, 0.3) is 0 Å². The van der Waals surface area contributed by atoms with Crippen LogP contribution in [0.25, 0.3) is 0 Å². The minimum atomic E-state index is -1.37. The summed E-state index contributed by atoms with van der Waals surface area (Å²) in [5.41, 5.74) is 4.24. The highest BCUT2D eigenvalue weighted by atomic mass is 16.4. The molecule has 1 saturated heterocycles. The molecule has 1 unspecified atom stereocenters. The molecule has 0 spiro atoms. The number of nitrogens with one attached hydrogen (secondary N) is 2. The number of carboxylic acids is 1. The SMILES string of the molecule is CNC(=O)C1(C)CCN(C(=O)N[C@H](CC(N)=O)C(=O)O)C1. The quantitative estimate of drug-likeness (QED) is 0.488. The second-order valence-electron chi connectivity index (χ2n) is 5.32. The standard InChI is InChI=1S/C12H20N4O5/c1-12(10(20)14-2)3-4-16(6-12)11(21)15-7(9(18)19)5-8(13)17/h7H,3-6H2,1-2H3,(H2,13,17)(H,14,20)(H,15,21)(H,18,19)/t7-,12?/m1/s1. The number of likely N-dealkylation sites (tertiary alicyclic amines) is 1. The van der Waals surface area contributed by atoms with Gasteiger partial charge in [0.15, 0.2) is 0 Å². The van der Waals surface area contributed by atoms with Crippen LogP contribution in [0.2, 0.25) is 0 Å². The van der Waals surface area contributed by atoms with E-state index < -0.39 is 35.8 Å². The maximum atomic E-state index is 12.0. The predicted octanol–water partition coefficient (Wildman–Crippen LogP) is -1.52. The molecule has 1 heterocycles. The Morgan fingerprint density at radius 1 is 1.38 bits per heavy atom. The normalized spacial score (nSPS) is 22.5. The summed E-state index contributed by atoms with van der Waals surface area (Å²) in [5.74, 6) is -2.33. The van der Waals surface area contributed by atoms with Gasteiger partial charge in [-0.05, 0) is 13.3 Å². The zero-order valence-electron chi connectivity index (χ0n) is 12.0. The fourth-order valence-corrected chi connectivity index (χ4v) is 2.26. The van der Waals surface area contributed by atoms with Gasteiger partial charge < -0.3 is 26.4 Å². The number of urea groups is 1. The van der Waals surface area contributed by atoms with Crippen LogP contribution in [-0.2, 0) is 14.4 Å². The van der Waals surface area contributed by atoms with E-state index in [1.54, 1.807) is 6.92 Å². The number of aliphatic carboxylic acids is 1. The van der Waals surface area contributed by atoms with Gasteiger partial charge in [0.1, 0.15) is 6.04 Å². The second-order valence-corrected chi connectivity index (χ2v) is 5.32. The van der Waals surface area contributed by atoms with E-state index in [0.717, 1.165) is 0 Å². The van der Waals surface area contributed by atoms with Gasteiger partial charge in [-0.1, -0.05) is 0 Å². The van der Waals surface area contributed by atoms with Crippen LogP contribution in [0.15, 0.2) is 0 Å². The van der Waals surface area contributed by atoms with E-state index in [1.807, 2.05) is 0 Å². The lowest BCUT2D eigenvalue weighted by atomic mass is 9.89. The second kappa shape index (κ2) is 6.42. The molecule has 2 atom stereocenters. The monoisotopic (exact) mass is 300 g/mol. The number of carbonyl (C=O) groups is 4. The highest BCUT2D eigenvalue weighted by Gasteiger charge is 2.42. The molecule has 0 aromatic rings. The third-order valence-electron chi connectivity index (χ3n) is 3.54. The molecule has 1 fully saturated rings. The van der Waals surface area contributed by atoms with Gasteiger partial charge in [0, 0.05) is 20.1 Å². The number of carboxylic acid groups (broad SMARTS) is 1. The number of nitrogens with zero attached hydrogens (tertiary/aromatic N) is 1. The molecule has 0 aliphatic carbocycles. The van der Waals surface area contributed by atoms with Gasteiger partial charge in [-0.25, -0.2) is 9.59 Å². The Morgan fingerprint density at radius 2 is 2.00 bits per heavy atom. The Morgan fingerprint density at radius 3 is 2.48 bits per heavy atom. The van der Waals surface area contributed by atoms with Crippen molar-refractivity contribution in [3.05, 3.63) is 0 Å². The molecule has 118 valence electrons. The molecule has 5 N–H and O–H groups in total. The van der Waals surface area contributed by atoms with Gasteiger partial charge in [-0.2, -0.15) is 0 Å². The molecular formula is C12H20N4O5. The van der Waals surface area contributed by atoms with Crippen LogP contribution >= 0.6 is 0 Å². The highest BCUT2D eigenvalue weighted by molar-refractivity contribution is 5.88. The number of hydrogen-bond donors (Lipinski definition) is 4. The van der Waals surface area contributed by atoms with E-state index in [1.165, 1.54) is 11.9 Å². The maximum absolute atomic E-state index is 12.0. The largest absolute Gasteiger partial charge is 0.480 e. The molecule has 0 aromatic carbocycles. The maximum Gasteiger partial charge on any atom is 0.326 e. The first-order chi connectivity index (χ1) is 9.69. The third kappa shape index (κ3) is 4.07. The topological polar surface area (TPSA) is 142 Å². The van der Waals surface area contributed by atoms with Crippen molar-refractivity contribution in [3.63, 3.8) is 0 Å². The van der Waals surface area contributed by atoms with Gasteiger partial charge in [0.2, 0.25) is 11.8 Å². The molecule has 1 aliphatic rings. The molecule has 0 saturated carbocycles. The molecule has 9 heteroatoms. The third-order valence-corrected chi connectivity index (χ3v) is 3.54. The molecular weight excluding hydrogens is 280 g/mol. The predicted molar refractivity (Wildman–Crippen MR) is 72.1 cm³/mol. The number of rotatable bonds is 5. The summed E-state index contributed by atoms with van der Waals surface area (Å²) in [4.78, 5) is 46.9. The van der Waals surface area contributed by atoms with Crippen molar-refractivity contribution in [1.82, 2.24) is 15.5 Å². The molecule has 1 aliphatic heterocycles. The molecule has 9 nitrogen and oxygen atoms in total. The van der Waals surface area contributed by atoms with Crippen molar-refractivity contribution in [3.8, 4) is 0 Å². The van der Waals surface area contributed by atoms with E-state index in [2.05, 4.69) is 10.6 Å². The van der Waals surface area contributed by atoms with Crippen molar-refractivity contribution in [1.29, 1.82) is 0 Å². The van der Waals surface area contributed by atoms with Gasteiger partial charge in [-0.15, -0.1) is 0 Å². The van der Waals surface area contributed by atoms with Gasteiger partial charge in [-0.3, -0.25) is 9.59 Å². The number of nitrogens with two attached hydrogens (primary N) is 1. The van der Waals surface area contributed by atoms with Crippen LogP contribution in [0.5, 0.6) is 0 Å². The average Bonchev–Trinajstić information content (AvgIpc) is 2.80. The summed E-state index contributed by atoms with van der Waals surface area (Å²) in [7, 11) is 1.52. The first-order valence-electron chi connectivity index (χ1n) is 6.48. The fourth-order valence-electron chi connectivity index (χ4n) is 2.26. The summed E-state index contributed by atoms with van der Waals surface area (Å²) in [6.07, 6.45) is -0.00468. The minimum Gasteiger partial charge on any atom is -0.480 e. The first-order valence-corrected chi connectivity index (χ1v) is 6.48. The Labute approximate surface area is 121 Å². The summed E-state index contributed by atoms with van der Waals surface area (Å²) in [6, 6.07) is -2.00. The molecule has 0 bridgehead atoms. The average molecular weight is 300 g/mol. The summed E-state index contributed by atoms with van der Waals surface area (Å²) in [5, 5.41) is 13.7. The van der Waals surface area contributed by atoms with E-state index >= 15 is 0 Å². The molecule has 4 amide bonds. The van der Waals surface area contributed by atoms with Crippen LogP contribution in [0, 0.1) is 5.41 Å². The van der Waals surface area contributed by atoms with Crippen molar-refractivity contribution in [2.75, 3.05) is 20.1 Å². The van der Waals surface area contributed by atoms with Gasteiger partial charge >= 0.3 is 12.0 Å². The molecule has 21 heavy (non-hydrogen) atoms. The Balaban J connectivity index is 2.66. The van der Waals surface area contributed by atoms with Crippen LogP contribution in [-0.4, -0.2) is 60.0 Å². The van der Waals surface area contributed by atoms with Crippen molar-refractivity contribution >= 4 is 23.8 Å². The summed E-state index contributed by atoms with van der Waals surface area (Å²) < 4.78 is 0. The zero-order valence-corrected chi connectivity index (χ0v) is 12.0. The summed E-state index contributed by atoms with van der Waals surface area (Å²) >= 11 is 0. The number of primary amides is 1. The van der Waals surface area contributed by atoms with Crippen molar-refractivity contribution < 1.29 is 24.3 Å². The Bertz CT molecular complexity index is 467. The van der Waals surface area contributed by atoms with Crippen LogP contribution in [0.3, 0.4) is 0 Å². The van der Waals surface area contributed by atoms with Crippen molar-refractivity contribution in [2.24, 2.45) is 11.1 Å². The van der Waals surface area contributed by atoms with E-state index in [-0.39, 0.29) is 12.5 Å². The fraction of sp³-hybridized carbons (Fsp3) is 0.667. The van der Waals surface area contributed by atoms with Crippen LogP contribution in [0.4, 0.5) is 4.79 Å². The lowest BCUT2D eigenvalue weighted by molar-refractivity contribution is -0.141.